The van der Waals surface area contributed by atoms with Crippen molar-refractivity contribution < 1.29 is 40.3 Å². The number of hydrogen-bond acceptors (Lipinski definition) is 6. The van der Waals surface area contributed by atoms with Crippen molar-refractivity contribution in [1.29, 1.82) is 0 Å². The number of benzene rings is 1. The second kappa shape index (κ2) is 8.93. The molecule has 2 saturated heterocycles. The first-order valence-electron chi connectivity index (χ1n) is 10.3. The van der Waals surface area contributed by atoms with Crippen molar-refractivity contribution >= 4 is 27.3 Å². The number of carbonyl (C=O) groups excluding carboxylic acids is 2. The molecule has 0 saturated carbocycles. The van der Waals surface area contributed by atoms with Gasteiger partial charge in [0.25, 0.3) is 5.91 Å². The fourth-order valence-electron chi connectivity index (χ4n) is 4.16. The van der Waals surface area contributed by atoms with Gasteiger partial charge in [0, 0.05) is 31.7 Å². The molecule has 0 aliphatic carbocycles. The first-order valence-corrected chi connectivity index (χ1v) is 12.2. The number of halogens is 4. The molecule has 3 aliphatic heterocycles. The summed E-state index contributed by atoms with van der Waals surface area (Å²) < 4.78 is 85.5. The highest BCUT2D eigenvalue weighted by Gasteiger charge is 2.39. The van der Waals surface area contributed by atoms with Gasteiger partial charge in [0.2, 0.25) is 5.91 Å². The maximum atomic E-state index is 14.3. The minimum absolute atomic E-state index is 0.00829. The van der Waals surface area contributed by atoms with E-state index in [1.165, 1.54) is 11.0 Å². The Morgan fingerprint density at radius 3 is 2.45 bits per heavy atom. The summed E-state index contributed by atoms with van der Waals surface area (Å²) in [4.78, 5) is 27.0. The number of carbonyl (C=O) groups is 2. The second-order valence-corrected chi connectivity index (χ2v) is 10.4. The van der Waals surface area contributed by atoms with Crippen molar-refractivity contribution in [3.05, 3.63) is 41.1 Å². The normalized spacial score (nSPS) is 24.5. The lowest BCUT2D eigenvalue weighted by Crippen LogP contribution is -2.53. The molecule has 3 aliphatic rings. The van der Waals surface area contributed by atoms with Crippen LogP contribution in [0.2, 0.25) is 0 Å². The van der Waals surface area contributed by atoms with E-state index < -0.39 is 63.1 Å². The molecule has 2 amide bonds. The number of anilines is 1. The van der Waals surface area contributed by atoms with Crippen molar-refractivity contribution in [2.75, 3.05) is 29.7 Å². The van der Waals surface area contributed by atoms with Crippen LogP contribution in [0.15, 0.2) is 17.8 Å². The van der Waals surface area contributed by atoms with Crippen LogP contribution in [-0.2, 0) is 24.2 Å². The molecule has 2 fully saturated rings. The molecular weight excluding hydrogens is 470 g/mol. The third kappa shape index (κ3) is 4.69. The summed E-state index contributed by atoms with van der Waals surface area (Å²) in [5, 5.41) is 0.250. The topological polar surface area (TPSA) is 96.0 Å². The summed E-state index contributed by atoms with van der Waals surface area (Å²) in [6.07, 6.45) is 2.03. The van der Waals surface area contributed by atoms with Crippen molar-refractivity contribution in [2.45, 2.75) is 37.8 Å². The fourth-order valence-corrected chi connectivity index (χ4v) is 5.89. The average Bonchev–Trinajstić information content (AvgIpc) is 3.40. The summed E-state index contributed by atoms with van der Waals surface area (Å²) in [6, 6.07) is -0.644. The van der Waals surface area contributed by atoms with Crippen molar-refractivity contribution in [3.63, 3.8) is 0 Å². The summed E-state index contributed by atoms with van der Waals surface area (Å²) in [6.45, 7) is 0.589. The Morgan fingerprint density at radius 2 is 1.88 bits per heavy atom. The number of nitrogens with one attached hydrogen (secondary N) is 1. The van der Waals surface area contributed by atoms with E-state index in [0.717, 1.165) is 6.42 Å². The Hall–Kier alpha value is -2.67. The smallest absolute Gasteiger partial charge is 0.271 e. The Bertz CT molecular complexity index is 1090. The maximum Gasteiger partial charge on any atom is 0.271 e. The van der Waals surface area contributed by atoms with Gasteiger partial charge in [0.1, 0.15) is 11.4 Å². The molecule has 33 heavy (non-hydrogen) atoms. The van der Waals surface area contributed by atoms with Crippen LogP contribution in [0.25, 0.3) is 0 Å². The standard InChI is InChI=1S/C20H21F4N3O5S/c21-13-8-14(22)18(24)19(17(13)23)27-16(28)4-3-15(25-27)20(29)26(9-12-2-1-6-32-12)11-5-7-33(30,31)10-11/h3,8,11-12,25H,1-2,4-7,9-10H2/t11-,12+/m1/s1. The quantitative estimate of drug-likeness (QED) is 0.496. The maximum absolute atomic E-state index is 14.3. The summed E-state index contributed by atoms with van der Waals surface area (Å²) in [7, 11) is -3.34. The minimum atomic E-state index is -3.34. The van der Waals surface area contributed by atoms with E-state index in [4.69, 9.17) is 4.74 Å². The molecule has 0 spiro atoms. The number of nitrogens with zero attached hydrogens (tertiary/aromatic N) is 2. The second-order valence-electron chi connectivity index (χ2n) is 8.13. The molecular formula is C20H21F4N3O5S. The largest absolute Gasteiger partial charge is 0.376 e. The van der Waals surface area contributed by atoms with Crippen LogP contribution in [0.4, 0.5) is 23.2 Å². The molecule has 180 valence electrons. The van der Waals surface area contributed by atoms with E-state index >= 15 is 0 Å². The van der Waals surface area contributed by atoms with Gasteiger partial charge in [0.05, 0.1) is 17.6 Å². The highest BCUT2D eigenvalue weighted by Crippen LogP contribution is 2.30. The first-order chi connectivity index (χ1) is 15.6. The van der Waals surface area contributed by atoms with Gasteiger partial charge in [-0.05, 0) is 25.3 Å². The molecule has 0 radical (unpaired) electrons. The zero-order chi connectivity index (χ0) is 23.9. The summed E-state index contributed by atoms with van der Waals surface area (Å²) in [5.74, 6) is -9.05. The molecule has 13 heteroatoms. The molecule has 0 aromatic heterocycles. The van der Waals surface area contributed by atoms with Crippen molar-refractivity contribution in [1.82, 2.24) is 10.3 Å². The Kier molecular flexibility index (Phi) is 6.36. The highest BCUT2D eigenvalue weighted by atomic mass is 32.2. The lowest BCUT2D eigenvalue weighted by atomic mass is 10.1. The lowest BCUT2D eigenvalue weighted by Gasteiger charge is -2.34. The van der Waals surface area contributed by atoms with Gasteiger partial charge in [-0.2, -0.15) is 0 Å². The van der Waals surface area contributed by atoms with Gasteiger partial charge in [-0.15, -0.1) is 0 Å². The molecule has 0 unspecified atom stereocenters. The van der Waals surface area contributed by atoms with E-state index in [0.29, 0.717) is 13.0 Å². The Morgan fingerprint density at radius 1 is 1.18 bits per heavy atom. The van der Waals surface area contributed by atoms with Crippen molar-refractivity contribution in [2.24, 2.45) is 0 Å². The predicted octanol–water partition coefficient (Wildman–Crippen LogP) is 1.56. The van der Waals surface area contributed by atoms with E-state index in [1.54, 1.807) is 0 Å². The van der Waals surface area contributed by atoms with Crippen LogP contribution in [0.1, 0.15) is 25.7 Å². The zero-order valence-corrected chi connectivity index (χ0v) is 18.1. The van der Waals surface area contributed by atoms with E-state index in [-0.39, 0.29) is 47.3 Å². The number of amides is 2. The van der Waals surface area contributed by atoms with Gasteiger partial charge in [-0.1, -0.05) is 0 Å². The molecule has 1 N–H and O–H groups in total. The molecule has 0 bridgehead atoms. The van der Waals surface area contributed by atoms with Crippen LogP contribution < -0.4 is 10.4 Å². The molecule has 2 atom stereocenters. The molecule has 8 nitrogen and oxygen atoms in total. The third-order valence-corrected chi connectivity index (χ3v) is 7.59. The van der Waals surface area contributed by atoms with Gasteiger partial charge < -0.3 is 9.64 Å². The molecule has 3 heterocycles. The number of ether oxygens (including phenoxy) is 1. The van der Waals surface area contributed by atoms with Gasteiger partial charge in [-0.3, -0.25) is 15.0 Å². The van der Waals surface area contributed by atoms with Gasteiger partial charge in [0.15, 0.2) is 33.1 Å². The van der Waals surface area contributed by atoms with E-state index in [1.807, 2.05) is 0 Å². The Labute approximate surface area is 187 Å². The van der Waals surface area contributed by atoms with Crippen molar-refractivity contribution in [3.8, 4) is 0 Å². The zero-order valence-electron chi connectivity index (χ0n) is 17.3. The van der Waals surface area contributed by atoms with Crippen LogP contribution in [0, 0.1) is 23.3 Å². The van der Waals surface area contributed by atoms with Gasteiger partial charge >= 0.3 is 0 Å². The van der Waals surface area contributed by atoms with Crippen LogP contribution in [-0.4, -0.2) is 61.9 Å². The first kappa shape index (κ1) is 23.5. The lowest BCUT2D eigenvalue weighted by molar-refractivity contribution is -0.131. The monoisotopic (exact) mass is 491 g/mol. The van der Waals surface area contributed by atoms with Gasteiger partial charge in [-0.25, -0.2) is 31.0 Å². The van der Waals surface area contributed by atoms with Crippen LogP contribution in [0.5, 0.6) is 0 Å². The molecule has 1 aromatic rings. The fraction of sp³-hybridized carbons (Fsp3) is 0.500. The summed E-state index contributed by atoms with van der Waals surface area (Å²) in [5.41, 5.74) is 0.663. The predicted molar refractivity (Wildman–Crippen MR) is 107 cm³/mol. The molecule has 4 rings (SSSR count). The van der Waals surface area contributed by atoms with E-state index in [9.17, 15) is 35.6 Å². The SMILES string of the molecule is O=C1CC=C(C(=O)N(C[C@@H]2CCCO2)[C@@H]2CCS(=O)(=O)C2)NN1c1c(F)c(F)cc(F)c1F. The molecule has 1 aromatic carbocycles. The van der Waals surface area contributed by atoms with E-state index in [2.05, 4.69) is 5.43 Å². The van der Waals surface area contributed by atoms with Crippen LogP contribution in [0.3, 0.4) is 0 Å². The number of hydrogen-bond donors (Lipinski definition) is 1. The van der Waals surface area contributed by atoms with Crippen LogP contribution >= 0.6 is 0 Å². The number of rotatable bonds is 5. The Balaban J connectivity index is 1.63. The minimum Gasteiger partial charge on any atom is -0.376 e. The number of sulfone groups is 1. The third-order valence-electron chi connectivity index (χ3n) is 5.84. The highest BCUT2D eigenvalue weighted by molar-refractivity contribution is 7.91. The number of hydrazine groups is 1. The summed E-state index contributed by atoms with van der Waals surface area (Å²) >= 11 is 0. The average molecular weight is 491 g/mol.